The number of carbonyl (C=O) groups is 1. The predicted molar refractivity (Wildman–Crippen MR) is 110 cm³/mol. The van der Waals surface area contributed by atoms with Crippen LogP contribution in [-0.2, 0) is 0 Å². The molecule has 1 atom stereocenters. The number of hydrogen-bond donors (Lipinski definition) is 1. The average Bonchev–Trinajstić information content (AvgIpc) is 2.68. The number of benzene rings is 2. The lowest BCUT2D eigenvalue weighted by Gasteiger charge is -2.18. The van der Waals surface area contributed by atoms with Crippen LogP contribution in [0, 0.1) is 11.3 Å². The van der Waals surface area contributed by atoms with Crippen molar-refractivity contribution in [3.63, 3.8) is 0 Å². The normalized spacial score (nSPS) is 12.2. The maximum Gasteiger partial charge on any atom is 0.335 e. The summed E-state index contributed by atoms with van der Waals surface area (Å²) in [6.07, 6.45) is 2.49. The van der Waals surface area contributed by atoms with Gasteiger partial charge in [0.2, 0.25) is 0 Å². The van der Waals surface area contributed by atoms with Crippen molar-refractivity contribution in [3.05, 3.63) is 58.1 Å². The molecule has 0 unspecified atom stereocenters. The van der Waals surface area contributed by atoms with Gasteiger partial charge in [-0.3, -0.25) is 0 Å². The van der Waals surface area contributed by atoms with E-state index < -0.39 is 5.97 Å². The number of halogens is 1. The molecule has 0 heterocycles. The minimum Gasteiger partial charge on any atom is -0.490 e. The summed E-state index contributed by atoms with van der Waals surface area (Å²) >= 11 is 6.42. The maximum absolute atomic E-state index is 11.0. The topological polar surface area (TPSA) is 79.5 Å². The molecule has 2 aromatic carbocycles. The van der Waals surface area contributed by atoms with E-state index in [1.807, 2.05) is 20.8 Å². The van der Waals surface area contributed by atoms with E-state index in [1.54, 1.807) is 30.3 Å². The first-order chi connectivity index (χ1) is 13.4. The molecule has 146 valence electrons. The van der Waals surface area contributed by atoms with Gasteiger partial charge in [0.05, 0.1) is 34.9 Å². The molecule has 2 aromatic rings. The average molecular weight is 400 g/mol. The largest absolute Gasteiger partial charge is 0.490 e. The second kappa shape index (κ2) is 9.82. The first-order valence-corrected chi connectivity index (χ1v) is 9.35. The molecule has 1 N–H and O–H groups in total. The van der Waals surface area contributed by atoms with E-state index in [1.165, 1.54) is 12.1 Å². The van der Waals surface area contributed by atoms with Crippen LogP contribution in [0.2, 0.25) is 5.02 Å². The van der Waals surface area contributed by atoms with E-state index in [0.717, 1.165) is 6.42 Å². The Morgan fingerprint density at radius 3 is 2.43 bits per heavy atom. The fraction of sp³-hybridized carbons (Fsp3) is 0.273. The number of aromatic carboxylic acids is 1. The minimum absolute atomic E-state index is 0.0134. The molecule has 0 radical (unpaired) electrons. The van der Waals surface area contributed by atoms with Crippen molar-refractivity contribution in [3.8, 4) is 17.6 Å². The number of carboxylic acids is 1. The van der Waals surface area contributed by atoms with Crippen molar-refractivity contribution in [1.82, 2.24) is 0 Å². The number of allylic oxidation sites excluding steroid dienone is 1. The number of rotatable bonds is 8. The second-order valence-electron chi connectivity index (χ2n) is 6.15. The fourth-order valence-corrected chi connectivity index (χ4v) is 2.74. The molecular formula is C22H22ClNO4. The van der Waals surface area contributed by atoms with Gasteiger partial charge >= 0.3 is 5.97 Å². The van der Waals surface area contributed by atoms with Gasteiger partial charge < -0.3 is 14.6 Å². The van der Waals surface area contributed by atoms with Crippen molar-refractivity contribution in [2.45, 2.75) is 33.3 Å². The monoisotopic (exact) mass is 399 g/mol. The number of hydrogen-bond acceptors (Lipinski definition) is 4. The molecule has 0 aromatic heterocycles. The number of nitrogens with zero attached hydrogens (tertiary/aromatic N) is 1. The zero-order chi connectivity index (χ0) is 20.7. The Morgan fingerprint density at radius 1 is 1.25 bits per heavy atom. The third-order valence-electron chi connectivity index (χ3n) is 4.10. The summed E-state index contributed by atoms with van der Waals surface area (Å²) in [6.45, 7) is 6.29. The first-order valence-electron chi connectivity index (χ1n) is 8.98. The minimum atomic E-state index is -1.01. The van der Waals surface area contributed by atoms with Crippen LogP contribution in [0.5, 0.6) is 11.5 Å². The van der Waals surface area contributed by atoms with E-state index >= 15 is 0 Å². The molecule has 0 bridgehead atoms. The van der Waals surface area contributed by atoms with Gasteiger partial charge in [0.15, 0.2) is 11.5 Å². The second-order valence-corrected chi connectivity index (χ2v) is 6.56. The van der Waals surface area contributed by atoms with Gasteiger partial charge in [-0.1, -0.05) is 30.7 Å². The molecule has 0 saturated carbocycles. The van der Waals surface area contributed by atoms with E-state index in [2.05, 4.69) is 6.07 Å². The summed E-state index contributed by atoms with van der Waals surface area (Å²) in [5, 5.41) is 18.9. The van der Waals surface area contributed by atoms with Crippen LogP contribution in [0.25, 0.3) is 11.6 Å². The summed E-state index contributed by atoms with van der Waals surface area (Å²) in [7, 11) is 0. The molecule has 0 spiro atoms. The first kappa shape index (κ1) is 21.3. The Bertz CT molecular complexity index is 913. The lowest BCUT2D eigenvalue weighted by molar-refractivity contribution is 0.0697. The SMILES string of the molecule is CCOc1cc(/C=C(/C#N)c2ccc(C(=O)O)cc2)cc(Cl)c1O[C@H](C)CC. The van der Waals surface area contributed by atoms with Crippen LogP contribution in [0.1, 0.15) is 48.7 Å². The van der Waals surface area contributed by atoms with Gasteiger partial charge in [0, 0.05) is 0 Å². The third-order valence-corrected chi connectivity index (χ3v) is 4.38. The Hall–Kier alpha value is -2.97. The van der Waals surface area contributed by atoms with Crippen LogP contribution in [0.4, 0.5) is 0 Å². The van der Waals surface area contributed by atoms with Crippen LogP contribution in [0.3, 0.4) is 0 Å². The summed E-state index contributed by atoms with van der Waals surface area (Å²) in [5.74, 6) is -0.0153. The number of carboxylic acid groups (broad SMARTS) is 1. The Labute approximate surface area is 169 Å². The standard InChI is InChI=1S/C22H22ClNO4/c1-4-14(3)28-21-19(23)11-15(12-20(21)27-5-2)10-18(13-24)16-6-8-17(9-7-16)22(25)26/h6-12,14H,4-5H2,1-3H3,(H,25,26)/b18-10-/t14-/m1/s1. The molecule has 5 nitrogen and oxygen atoms in total. The van der Waals surface area contributed by atoms with Crippen LogP contribution in [-0.4, -0.2) is 23.8 Å². The zero-order valence-corrected chi connectivity index (χ0v) is 16.8. The van der Waals surface area contributed by atoms with Gasteiger partial charge in [-0.05, 0) is 61.7 Å². The molecule has 28 heavy (non-hydrogen) atoms. The van der Waals surface area contributed by atoms with Crippen LogP contribution < -0.4 is 9.47 Å². The van der Waals surface area contributed by atoms with Gasteiger partial charge in [0.25, 0.3) is 0 Å². The highest BCUT2D eigenvalue weighted by atomic mass is 35.5. The smallest absolute Gasteiger partial charge is 0.335 e. The Morgan fingerprint density at radius 2 is 1.89 bits per heavy atom. The molecule has 6 heteroatoms. The van der Waals surface area contributed by atoms with Crippen molar-refractivity contribution < 1.29 is 19.4 Å². The summed E-state index contributed by atoms with van der Waals surface area (Å²) in [5.41, 5.74) is 1.84. The molecule has 0 aliphatic carbocycles. The highest BCUT2D eigenvalue weighted by molar-refractivity contribution is 6.32. The van der Waals surface area contributed by atoms with E-state index in [-0.39, 0.29) is 11.7 Å². The lowest BCUT2D eigenvalue weighted by Crippen LogP contribution is -2.11. The predicted octanol–water partition coefficient (Wildman–Crippen LogP) is 5.68. The fourth-order valence-electron chi connectivity index (χ4n) is 2.47. The molecular weight excluding hydrogens is 378 g/mol. The molecule has 2 rings (SSSR count). The van der Waals surface area contributed by atoms with Gasteiger partial charge in [-0.2, -0.15) is 5.26 Å². The van der Waals surface area contributed by atoms with Crippen molar-refractivity contribution in [2.75, 3.05) is 6.61 Å². The molecule has 0 aliphatic rings. The molecule has 0 saturated heterocycles. The summed E-state index contributed by atoms with van der Waals surface area (Å²) in [4.78, 5) is 11.0. The Balaban J connectivity index is 2.44. The quantitative estimate of drug-likeness (QED) is 0.456. The number of nitriles is 1. The number of ether oxygens (including phenoxy) is 2. The van der Waals surface area contributed by atoms with Gasteiger partial charge in [-0.25, -0.2) is 4.79 Å². The Kier molecular flexibility index (Phi) is 7.48. The van der Waals surface area contributed by atoms with E-state index in [4.69, 9.17) is 26.2 Å². The van der Waals surface area contributed by atoms with Crippen LogP contribution in [0.15, 0.2) is 36.4 Å². The maximum atomic E-state index is 11.0. The molecule has 0 aliphatic heterocycles. The van der Waals surface area contributed by atoms with Crippen molar-refractivity contribution >= 4 is 29.2 Å². The van der Waals surface area contributed by atoms with E-state index in [0.29, 0.717) is 39.8 Å². The van der Waals surface area contributed by atoms with E-state index in [9.17, 15) is 10.1 Å². The highest BCUT2D eigenvalue weighted by Gasteiger charge is 2.15. The molecule has 0 amide bonds. The zero-order valence-electron chi connectivity index (χ0n) is 16.0. The van der Waals surface area contributed by atoms with Crippen molar-refractivity contribution in [2.24, 2.45) is 0 Å². The van der Waals surface area contributed by atoms with Gasteiger partial charge in [0.1, 0.15) is 0 Å². The molecule has 0 fully saturated rings. The highest BCUT2D eigenvalue weighted by Crippen LogP contribution is 2.38. The third kappa shape index (κ3) is 5.28. The van der Waals surface area contributed by atoms with Crippen LogP contribution >= 0.6 is 11.6 Å². The van der Waals surface area contributed by atoms with Crippen molar-refractivity contribution in [1.29, 1.82) is 5.26 Å². The summed E-state index contributed by atoms with van der Waals surface area (Å²) in [6, 6.07) is 11.8. The summed E-state index contributed by atoms with van der Waals surface area (Å²) < 4.78 is 11.6. The lowest BCUT2D eigenvalue weighted by atomic mass is 10.0. The van der Waals surface area contributed by atoms with Gasteiger partial charge in [-0.15, -0.1) is 0 Å².